The molecule has 6 nitrogen and oxygen atoms in total. The third-order valence-corrected chi connectivity index (χ3v) is 8.63. The van der Waals surface area contributed by atoms with Gasteiger partial charge in [0.1, 0.15) is 10.6 Å². The van der Waals surface area contributed by atoms with Gasteiger partial charge in [0.2, 0.25) is 15.9 Å². The molecular formula is C21H30N2O4S. The second-order valence-corrected chi connectivity index (χ2v) is 10.4. The van der Waals surface area contributed by atoms with Crippen molar-refractivity contribution in [3.63, 3.8) is 0 Å². The number of rotatable bonds is 6. The molecule has 1 heterocycles. The van der Waals surface area contributed by atoms with E-state index < -0.39 is 10.0 Å². The number of piperidine rings is 1. The molecule has 3 aliphatic rings. The van der Waals surface area contributed by atoms with Crippen LogP contribution < -0.4 is 10.1 Å². The zero-order valence-corrected chi connectivity index (χ0v) is 17.3. The van der Waals surface area contributed by atoms with Gasteiger partial charge >= 0.3 is 0 Å². The van der Waals surface area contributed by atoms with Crippen LogP contribution in [0.5, 0.6) is 5.75 Å². The minimum absolute atomic E-state index is 0.0240. The number of anilines is 1. The van der Waals surface area contributed by atoms with Crippen LogP contribution in [0.1, 0.15) is 51.4 Å². The van der Waals surface area contributed by atoms with E-state index in [1.807, 2.05) is 0 Å². The van der Waals surface area contributed by atoms with E-state index in [2.05, 4.69) is 5.32 Å². The number of hydrogen-bond donors (Lipinski definition) is 1. The SMILES string of the molecule is COc1ccc(NC(=O)C[C@H]2C[C@H]3CC[C@@H]2C3)cc1S(=O)(=O)N1CCCCC1. The van der Waals surface area contributed by atoms with E-state index in [1.165, 1.54) is 30.7 Å². The van der Waals surface area contributed by atoms with Gasteiger partial charge in [-0.05, 0) is 68.1 Å². The summed E-state index contributed by atoms with van der Waals surface area (Å²) in [5.41, 5.74) is 0.518. The number of methoxy groups -OCH3 is 1. The first-order chi connectivity index (χ1) is 13.5. The number of nitrogens with zero attached hydrogens (tertiary/aromatic N) is 1. The van der Waals surface area contributed by atoms with E-state index >= 15 is 0 Å². The number of ether oxygens (including phenoxy) is 1. The Morgan fingerprint density at radius 2 is 1.96 bits per heavy atom. The summed E-state index contributed by atoms with van der Waals surface area (Å²) in [5, 5.41) is 2.92. The summed E-state index contributed by atoms with van der Waals surface area (Å²) in [4.78, 5) is 12.7. The van der Waals surface area contributed by atoms with Gasteiger partial charge in [-0.2, -0.15) is 4.31 Å². The Labute approximate surface area is 167 Å². The van der Waals surface area contributed by atoms with Crippen molar-refractivity contribution in [1.29, 1.82) is 0 Å². The zero-order valence-electron chi connectivity index (χ0n) is 16.5. The first-order valence-electron chi connectivity index (χ1n) is 10.5. The molecule has 3 atom stereocenters. The fourth-order valence-corrected chi connectivity index (χ4v) is 6.98. The lowest BCUT2D eigenvalue weighted by Gasteiger charge is -2.26. The van der Waals surface area contributed by atoms with Gasteiger partial charge in [-0.15, -0.1) is 0 Å². The lowest BCUT2D eigenvalue weighted by molar-refractivity contribution is -0.117. The minimum atomic E-state index is -3.64. The molecule has 28 heavy (non-hydrogen) atoms. The molecule has 4 rings (SSSR count). The van der Waals surface area contributed by atoms with Crippen LogP contribution in [-0.4, -0.2) is 38.8 Å². The standard InChI is InChI=1S/C21H30N2O4S/c1-27-19-8-7-18(14-20(19)28(25,26)23-9-3-2-4-10-23)22-21(24)13-17-12-15-5-6-16(17)11-15/h7-8,14-17H,2-6,9-13H2,1H3,(H,22,24)/t15-,16+,17+/m0/s1. The van der Waals surface area contributed by atoms with Crippen LogP contribution >= 0.6 is 0 Å². The van der Waals surface area contributed by atoms with Crippen molar-refractivity contribution in [2.75, 3.05) is 25.5 Å². The summed E-state index contributed by atoms with van der Waals surface area (Å²) in [7, 11) is -2.17. The fraction of sp³-hybridized carbons (Fsp3) is 0.667. The van der Waals surface area contributed by atoms with Crippen LogP contribution in [0.4, 0.5) is 5.69 Å². The molecule has 7 heteroatoms. The van der Waals surface area contributed by atoms with Gasteiger partial charge in [0.15, 0.2) is 0 Å². The number of carbonyl (C=O) groups excluding carboxylic acids is 1. The van der Waals surface area contributed by atoms with E-state index in [0.717, 1.165) is 31.6 Å². The first kappa shape index (κ1) is 19.7. The van der Waals surface area contributed by atoms with Crippen LogP contribution in [0.3, 0.4) is 0 Å². The van der Waals surface area contributed by atoms with Crippen molar-refractivity contribution >= 4 is 21.6 Å². The Morgan fingerprint density at radius 3 is 2.61 bits per heavy atom. The molecule has 154 valence electrons. The quantitative estimate of drug-likeness (QED) is 0.783. The highest BCUT2D eigenvalue weighted by atomic mass is 32.2. The number of nitrogens with one attached hydrogen (secondary N) is 1. The second-order valence-electron chi connectivity index (χ2n) is 8.52. The Kier molecular flexibility index (Phi) is 5.65. The maximum atomic E-state index is 13.1. The van der Waals surface area contributed by atoms with Crippen LogP contribution in [0.25, 0.3) is 0 Å². The van der Waals surface area contributed by atoms with Gasteiger partial charge in [0.05, 0.1) is 7.11 Å². The number of hydrogen-bond acceptors (Lipinski definition) is 4. The van der Waals surface area contributed by atoms with E-state index in [9.17, 15) is 13.2 Å². The van der Waals surface area contributed by atoms with Gasteiger partial charge in [0, 0.05) is 25.2 Å². The molecule has 1 amide bonds. The largest absolute Gasteiger partial charge is 0.495 e. The number of sulfonamides is 1. The lowest BCUT2D eigenvalue weighted by atomic mass is 9.86. The highest BCUT2D eigenvalue weighted by Gasteiger charge is 2.40. The molecular weight excluding hydrogens is 376 g/mol. The molecule has 3 fully saturated rings. The first-order valence-corrected chi connectivity index (χ1v) is 11.9. The highest BCUT2D eigenvalue weighted by molar-refractivity contribution is 7.89. The summed E-state index contributed by atoms with van der Waals surface area (Å²) in [5.74, 6) is 2.28. The van der Waals surface area contributed by atoms with Crippen LogP contribution in [0, 0.1) is 17.8 Å². The van der Waals surface area contributed by atoms with Gasteiger partial charge in [0.25, 0.3) is 0 Å². The van der Waals surface area contributed by atoms with Crippen LogP contribution in [0.2, 0.25) is 0 Å². The molecule has 2 aliphatic carbocycles. The molecule has 1 aromatic carbocycles. The van der Waals surface area contributed by atoms with Crippen molar-refractivity contribution in [2.45, 2.75) is 56.3 Å². The van der Waals surface area contributed by atoms with Crippen molar-refractivity contribution in [3.8, 4) is 5.75 Å². The second kappa shape index (κ2) is 8.03. The van der Waals surface area contributed by atoms with Crippen molar-refractivity contribution in [2.24, 2.45) is 17.8 Å². The van der Waals surface area contributed by atoms with E-state index in [-0.39, 0.29) is 10.8 Å². The topological polar surface area (TPSA) is 75.7 Å². The average Bonchev–Trinajstić information content (AvgIpc) is 3.31. The maximum Gasteiger partial charge on any atom is 0.246 e. The monoisotopic (exact) mass is 406 g/mol. The smallest absolute Gasteiger partial charge is 0.246 e. The summed E-state index contributed by atoms with van der Waals surface area (Å²) in [6.45, 7) is 1.07. The molecule has 0 unspecified atom stereocenters. The van der Waals surface area contributed by atoms with Gasteiger partial charge in [-0.3, -0.25) is 4.79 Å². The zero-order chi connectivity index (χ0) is 19.7. The molecule has 2 bridgehead atoms. The molecule has 1 saturated heterocycles. The Bertz CT molecular complexity index is 833. The number of fused-ring (bicyclic) bond motifs is 2. The molecule has 2 saturated carbocycles. The highest BCUT2D eigenvalue weighted by Crippen LogP contribution is 2.49. The molecule has 1 aromatic rings. The van der Waals surface area contributed by atoms with E-state index in [0.29, 0.717) is 42.8 Å². The summed E-state index contributed by atoms with van der Waals surface area (Å²) >= 11 is 0. The van der Waals surface area contributed by atoms with Gasteiger partial charge in [-0.25, -0.2) is 8.42 Å². The third-order valence-electron chi connectivity index (χ3n) is 6.71. The van der Waals surface area contributed by atoms with E-state index in [1.54, 1.807) is 18.2 Å². The number of amides is 1. The predicted molar refractivity (Wildman–Crippen MR) is 108 cm³/mol. The minimum Gasteiger partial charge on any atom is -0.495 e. The third kappa shape index (κ3) is 3.92. The Morgan fingerprint density at radius 1 is 1.18 bits per heavy atom. The fourth-order valence-electron chi connectivity index (χ4n) is 5.28. The molecule has 1 N–H and O–H groups in total. The summed E-state index contributed by atoms with van der Waals surface area (Å²) in [6, 6.07) is 4.89. The van der Waals surface area contributed by atoms with Crippen molar-refractivity contribution in [1.82, 2.24) is 4.31 Å². The summed E-state index contributed by atoms with van der Waals surface area (Å²) in [6.07, 6.45) is 8.35. The summed E-state index contributed by atoms with van der Waals surface area (Å²) < 4.78 is 33.0. The number of benzene rings is 1. The molecule has 1 aliphatic heterocycles. The van der Waals surface area contributed by atoms with Crippen molar-refractivity contribution < 1.29 is 17.9 Å². The normalized spacial score (nSPS) is 27.7. The van der Waals surface area contributed by atoms with Crippen LogP contribution in [-0.2, 0) is 14.8 Å². The molecule has 0 spiro atoms. The molecule has 0 radical (unpaired) electrons. The Balaban J connectivity index is 1.49. The van der Waals surface area contributed by atoms with Gasteiger partial charge in [-0.1, -0.05) is 12.8 Å². The van der Waals surface area contributed by atoms with Gasteiger partial charge < -0.3 is 10.1 Å². The Hall–Kier alpha value is -1.60. The van der Waals surface area contributed by atoms with Crippen molar-refractivity contribution in [3.05, 3.63) is 18.2 Å². The maximum absolute atomic E-state index is 13.1. The average molecular weight is 407 g/mol. The molecule has 0 aromatic heterocycles. The number of carbonyl (C=O) groups is 1. The lowest BCUT2D eigenvalue weighted by Crippen LogP contribution is -2.35. The van der Waals surface area contributed by atoms with Crippen LogP contribution in [0.15, 0.2) is 23.1 Å². The van der Waals surface area contributed by atoms with E-state index in [4.69, 9.17) is 4.74 Å². The predicted octanol–water partition coefficient (Wildman–Crippen LogP) is 3.63.